The van der Waals surface area contributed by atoms with Crippen LogP contribution in [0, 0.1) is 19.3 Å². The molecule has 108 valence electrons. The summed E-state index contributed by atoms with van der Waals surface area (Å²) < 4.78 is 11.7. The minimum atomic E-state index is 0.503. The van der Waals surface area contributed by atoms with Gasteiger partial charge in [0.1, 0.15) is 23.9 Å². The molecule has 0 spiro atoms. The van der Waals surface area contributed by atoms with Gasteiger partial charge >= 0.3 is 0 Å². The van der Waals surface area contributed by atoms with Crippen molar-refractivity contribution in [2.75, 3.05) is 0 Å². The molecule has 0 bridgehead atoms. The van der Waals surface area contributed by atoms with Gasteiger partial charge in [-0.25, -0.2) is 0 Å². The van der Waals surface area contributed by atoms with Crippen molar-refractivity contribution in [1.29, 1.82) is 0 Å². The molecule has 0 atom stereocenters. The Balaban J connectivity index is 1.92. The fourth-order valence-electron chi connectivity index (χ4n) is 2.25. The van der Waals surface area contributed by atoms with E-state index in [0.717, 1.165) is 34.0 Å². The van der Waals surface area contributed by atoms with E-state index < -0.39 is 0 Å². The van der Waals surface area contributed by atoms with Crippen LogP contribution in [-0.2, 0) is 6.61 Å². The van der Waals surface area contributed by atoms with Crippen LogP contribution >= 0.6 is 0 Å². The van der Waals surface area contributed by atoms with E-state index in [0.29, 0.717) is 6.61 Å². The fourth-order valence-corrected chi connectivity index (χ4v) is 2.25. The molecule has 0 saturated carbocycles. The highest BCUT2D eigenvalue weighted by Gasteiger charge is 2.11. The van der Waals surface area contributed by atoms with E-state index in [9.17, 15) is 0 Å². The molecule has 0 aliphatic heterocycles. The SMILES string of the molecule is C#Cc1ccc(OCc2ccccc2)c(-c2ccc(C)o2)c1. The first-order valence-electron chi connectivity index (χ1n) is 7.10. The van der Waals surface area contributed by atoms with Gasteiger partial charge in [0.05, 0.1) is 5.56 Å². The highest BCUT2D eigenvalue weighted by molar-refractivity contribution is 5.68. The number of furan rings is 1. The largest absolute Gasteiger partial charge is 0.488 e. The molecule has 0 N–H and O–H groups in total. The average molecular weight is 288 g/mol. The van der Waals surface area contributed by atoms with Crippen molar-refractivity contribution >= 4 is 0 Å². The van der Waals surface area contributed by atoms with E-state index in [2.05, 4.69) is 5.92 Å². The molecule has 0 unspecified atom stereocenters. The lowest BCUT2D eigenvalue weighted by Crippen LogP contribution is -1.97. The minimum absolute atomic E-state index is 0.503. The maximum absolute atomic E-state index is 5.96. The van der Waals surface area contributed by atoms with Gasteiger partial charge in [-0.3, -0.25) is 0 Å². The van der Waals surface area contributed by atoms with Gasteiger partial charge in [0.25, 0.3) is 0 Å². The molecule has 3 rings (SSSR count). The van der Waals surface area contributed by atoms with Crippen molar-refractivity contribution in [2.24, 2.45) is 0 Å². The molecule has 0 saturated heterocycles. The van der Waals surface area contributed by atoms with Crippen LogP contribution < -0.4 is 4.74 Å². The highest BCUT2D eigenvalue weighted by atomic mass is 16.5. The predicted molar refractivity (Wildman–Crippen MR) is 87.6 cm³/mol. The molecule has 2 heteroatoms. The second-order valence-corrected chi connectivity index (χ2v) is 5.04. The topological polar surface area (TPSA) is 22.4 Å². The molecule has 0 amide bonds. The fraction of sp³-hybridized carbons (Fsp3) is 0.100. The van der Waals surface area contributed by atoms with E-state index >= 15 is 0 Å². The summed E-state index contributed by atoms with van der Waals surface area (Å²) in [5, 5.41) is 0. The summed E-state index contributed by atoms with van der Waals surface area (Å²) in [7, 11) is 0. The summed E-state index contributed by atoms with van der Waals surface area (Å²) in [4.78, 5) is 0. The quantitative estimate of drug-likeness (QED) is 0.642. The van der Waals surface area contributed by atoms with Crippen LogP contribution in [0.2, 0.25) is 0 Å². The molecule has 2 aromatic carbocycles. The van der Waals surface area contributed by atoms with Crippen LogP contribution in [0.5, 0.6) is 5.75 Å². The Labute approximate surface area is 130 Å². The van der Waals surface area contributed by atoms with E-state index in [1.165, 1.54) is 0 Å². The van der Waals surface area contributed by atoms with Crippen LogP contribution in [0.3, 0.4) is 0 Å². The third kappa shape index (κ3) is 3.05. The summed E-state index contributed by atoms with van der Waals surface area (Å²) in [6.07, 6.45) is 5.50. The van der Waals surface area contributed by atoms with Crippen molar-refractivity contribution in [1.82, 2.24) is 0 Å². The lowest BCUT2D eigenvalue weighted by Gasteiger charge is -2.11. The normalized spacial score (nSPS) is 10.2. The van der Waals surface area contributed by atoms with Crippen LogP contribution in [0.25, 0.3) is 11.3 Å². The third-order valence-electron chi connectivity index (χ3n) is 3.39. The number of terminal acetylenes is 1. The Morgan fingerprint density at radius 1 is 1.05 bits per heavy atom. The molecular formula is C20H16O2. The van der Waals surface area contributed by atoms with E-state index in [4.69, 9.17) is 15.6 Å². The van der Waals surface area contributed by atoms with Crippen molar-refractivity contribution in [3.05, 3.63) is 77.6 Å². The van der Waals surface area contributed by atoms with Gasteiger partial charge in [0.2, 0.25) is 0 Å². The van der Waals surface area contributed by atoms with Gasteiger partial charge in [-0.15, -0.1) is 6.42 Å². The van der Waals surface area contributed by atoms with E-state index in [1.54, 1.807) is 0 Å². The smallest absolute Gasteiger partial charge is 0.138 e. The molecule has 1 heterocycles. The number of hydrogen-bond acceptors (Lipinski definition) is 2. The second-order valence-electron chi connectivity index (χ2n) is 5.04. The van der Waals surface area contributed by atoms with Gasteiger partial charge < -0.3 is 9.15 Å². The first-order valence-corrected chi connectivity index (χ1v) is 7.10. The predicted octanol–water partition coefficient (Wildman–Crippen LogP) is 4.82. The molecule has 0 fully saturated rings. The second kappa shape index (κ2) is 6.24. The standard InChI is InChI=1S/C20H16O2/c1-3-16-10-12-19(21-14-17-7-5-4-6-8-17)18(13-16)20-11-9-15(2)22-20/h1,4-13H,14H2,2H3. The van der Waals surface area contributed by atoms with E-state index in [-0.39, 0.29) is 0 Å². The highest BCUT2D eigenvalue weighted by Crippen LogP contribution is 2.32. The van der Waals surface area contributed by atoms with Crippen LogP contribution in [0.1, 0.15) is 16.9 Å². The molecule has 3 aromatic rings. The maximum atomic E-state index is 5.96. The minimum Gasteiger partial charge on any atom is -0.488 e. The summed E-state index contributed by atoms with van der Waals surface area (Å²) in [5.74, 6) is 5.03. The zero-order valence-electron chi connectivity index (χ0n) is 12.4. The number of rotatable bonds is 4. The number of aryl methyl sites for hydroxylation is 1. The Morgan fingerprint density at radius 2 is 1.86 bits per heavy atom. The zero-order chi connectivity index (χ0) is 15.4. The van der Waals surface area contributed by atoms with Gasteiger partial charge in [0.15, 0.2) is 0 Å². The Kier molecular flexibility index (Phi) is 3.98. The number of hydrogen-bond donors (Lipinski definition) is 0. The summed E-state index contributed by atoms with van der Waals surface area (Å²) >= 11 is 0. The van der Waals surface area contributed by atoms with Crippen molar-refractivity contribution in [2.45, 2.75) is 13.5 Å². The van der Waals surface area contributed by atoms with Crippen molar-refractivity contribution in [3.8, 4) is 29.4 Å². The summed E-state index contributed by atoms with van der Waals surface area (Å²) in [6.45, 7) is 2.42. The van der Waals surface area contributed by atoms with Gasteiger partial charge in [-0.05, 0) is 42.8 Å². The van der Waals surface area contributed by atoms with Crippen molar-refractivity contribution in [3.63, 3.8) is 0 Å². The van der Waals surface area contributed by atoms with Crippen molar-refractivity contribution < 1.29 is 9.15 Å². The van der Waals surface area contributed by atoms with E-state index in [1.807, 2.05) is 67.6 Å². The van der Waals surface area contributed by atoms with Crippen LogP contribution in [0.4, 0.5) is 0 Å². The first kappa shape index (κ1) is 14.0. The Hall–Kier alpha value is -2.92. The monoisotopic (exact) mass is 288 g/mol. The van der Waals surface area contributed by atoms with Gasteiger partial charge in [-0.1, -0.05) is 36.3 Å². The number of benzene rings is 2. The lowest BCUT2D eigenvalue weighted by atomic mass is 10.1. The summed E-state index contributed by atoms with van der Waals surface area (Å²) in [6, 6.07) is 19.6. The molecular weight excluding hydrogens is 272 g/mol. The first-order chi connectivity index (χ1) is 10.8. The van der Waals surface area contributed by atoms with Crippen LogP contribution in [0.15, 0.2) is 65.1 Å². The Morgan fingerprint density at radius 3 is 2.55 bits per heavy atom. The molecule has 2 nitrogen and oxygen atoms in total. The van der Waals surface area contributed by atoms with Gasteiger partial charge in [-0.2, -0.15) is 0 Å². The lowest BCUT2D eigenvalue weighted by molar-refractivity contribution is 0.306. The molecule has 0 aliphatic rings. The average Bonchev–Trinajstić information content (AvgIpc) is 3.00. The molecule has 0 radical (unpaired) electrons. The van der Waals surface area contributed by atoms with Gasteiger partial charge in [0, 0.05) is 5.56 Å². The summed E-state index contributed by atoms with van der Waals surface area (Å²) in [5.41, 5.74) is 2.79. The third-order valence-corrected chi connectivity index (χ3v) is 3.39. The maximum Gasteiger partial charge on any atom is 0.138 e. The van der Waals surface area contributed by atoms with Crippen LogP contribution in [-0.4, -0.2) is 0 Å². The molecule has 0 aliphatic carbocycles. The zero-order valence-corrected chi connectivity index (χ0v) is 12.4. The molecule has 1 aromatic heterocycles. The Bertz CT molecular complexity index is 807. The molecule has 22 heavy (non-hydrogen) atoms. The number of ether oxygens (including phenoxy) is 1.